The second-order valence-corrected chi connectivity index (χ2v) is 2.63. The first-order chi connectivity index (χ1) is 6.79. The summed E-state index contributed by atoms with van der Waals surface area (Å²) in [6.45, 7) is -0.0117. The number of benzene rings is 1. The van der Waals surface area contributed by atoms with Crippen molar-refractivity contribution < 1.29 is 15.0 Å². The van der Waals surface area contributed by atoms with Crippen molar-refractivity contribution in [3.8, 4) is 17.6 Å². The monoisotopic (exact) mass is 190 g/mol. The Hall–Kier alpha value is -1.79. The maximum atomic E-state index is 10.6. The van der Waals surface area contributed by atoms with E-state index in [-0.39, 0.29) is 17.9 Å². The van der Waals surface area contributed by atoms with Crippen LogP contribution in [-0.4, -0.2) is 23.1 Å². The second-order valence-electron chi connectivity index (χ2n) is 2.63. The molecule has 0 aromatic heterocycles. The summed E-state index contributed by atoms with van der Waals surface area (Å²) in [5.41, 5.74) is 0.673. The molecule has 0 atom stereocenters. The van der Waals surface area contributed by atoms with Gasteiger partial charge in [-0.2, -0.15) is 0 Å². The quantitative estimate of drug-likeness (QED) is 0.539. The number of carbonyl (C=O) groups excluding carboxylic acids is 1. The first kappa shape index (κ1) is 10.3. The molecule has 1 rings (SSSR count). The summed E-state index contributed by atoms with van der Waals surface area (Å²) in [6, 6.07) is 4.69. The van der Waals surface area contributed by atoms with E-state index < -0.39 is 0 Å². The van der Waals surface area contributed by atoms with Gasteiger partial charge in [0.15, 0.2) is 6.29 Å². The zero-order chi connectivity index (χ0) is 10.4. The highest BCUT2D eigenvalue weighted by atomic mass is 16.3. The maximum absolute atomic E-state index is 10.6. The van der Waals surface area contributed by atoms with Gasteiger partial charge in [-0.1, -0.05) is 17.9 Å². The molecule has 0 saturated heterocycles. The van der Waals surface area contributed by atoms with E-state index >= 15 is 0 Å². The van der Waals surface area contributed by atoms with Gasteiger partial charge in [-0.25, -0.2) is 0 Å². The molecular formula is C11H10O3. The van der Waals surface area contributed by atoms with Crippen LogP contribution in [0.1, 0.15) is 22.3 Å². The van der Waals surface area contributed by atoms with Crippen LogP contribution >= 0.6 is 0 Å². The summed E-state index contributed by atoms with van der Waals surface area (Å²) in [6.07, 6.45) is 0.923. The van der Waals surface area contributed by atoms with E-state index in [0.717, 1.165) is 0 Å². The molecule has 0 unspecified atom stereocenters. The highest BCUT2D eigenvalue weighted by Gasteiger charge is 2.03. The van der Waals surface area contributed by atoms with E-state index in [1.54, 1.807) is 12.1 Å². The minimum atomic E-state index is -0.0733. The second kappa shape index (κ2) is 5.05. The standard InChI is InChI=1S/C11H10O3/c12-7-2-1-4-9-5-3-6-11(14)10(9)8-13/h3,5-6,8,12,14H,2,7H2. The fraction of sp³-hybridized carbons (Fsp3) is 0.182. The third kappa shape index (κ3) is 2.35. The lowest BCUT2D eigenvalue weighted by molar-refractivity contribution is 0.112. The Morgan fingerprint density at radius 2 is 2.21 bits per heavy atom. The van der Waals surface area contributed by atoms with Gasteiger partial charge in [0.1, 0.15) is 5.75 Å². The summed E-state index contributed by atoms with van der Waals surface area (Å²) < 4.78 is 0. The first-order valence-electron chi connectivity index (χ1n) is 4.16. The van der Waals surface area contributed by atoms with E-state index in [4.69, 9.17) is 5.11 Å². The molecule has 1 aromatic carbocycles. The number of aromatic hydroxyl groups is 1. The van der Waals surface area contributed by atoms with Gasteiger partial charge in [-0.05, 0) is 12.1 Å². The molecule has 0 fully saturated rings. The SMILES string of the molecule is O=Cc1c(O)cccc1C#CCCO. The molecule has 2 N–H and O–H groups in total. The zero-order valence-corrected chi connectivity index (χ0v) is 7.53. The number of aliphatic hydroxyl groups excluding tert-OH is 1. The van der Waals surface area contributed by atoms with Crippen molar-refractivity contribution >= 4 is 6.29 Å². The van der Waals surface area contributed by atoms with E-state index in [0.29, 0.717) is 18.3 Å². The van der Waals surface area contributed by atoms with Crippen LogP contribution in [0.25, 0.3) is 0 Å². The summed E-state index contributed by atoms with van der Waals surface area (Å²) in [7, 11) is 0. The van der Waals surface area contributed by atoms with E-state index in [9.17, 15) is 9.90 Å². The molecule has 0 aliphatic carbocycles. The maximum Gasteiger partial charge on any atom is 0.155 e. The third-order valence-corrected chi connectivity index (χ3v) is 1.66. The molecule has 0 amide bonds. The van der Waals surface area contributed by atoms with Crippen LogP contribution < -0.4 is 0 Å². The fourth-order valence-corrected chi connectivity index (χ4v) is 1.000. The predicted octanol–water partition coefficient (Wildman–Crippen LogP) is 0.939. The Morgan fingerprint density at radius 3 is 2.86 bits per heavy atom. The first-order valence-corrected chi connectivity index (χ1v) is 4.16. The zero-order valence-electron chi connectivity index (χ0n) is 7.53. The lowest BCUT2D eigenvalue weighted by atomic mass is 10.1. The Bertz CT molecular complexity index is 385. The van der Waals surface area contributed by atoms with Gasteiger partial charge in [-0.15, -0.1) is 0 Å². The summed E-state index contributed by atoms with van der Waals surface area (Å²) in [4.78, 5) is 10.6. The van der Waals surface area contributed by atoms with Crippen LogP contribution in [0.4, 0.5) is 0 Å². The predicted molar refractivity (Wildman–Crippen MR) is 52.1 cm³/mol. The topological polar surface area (TPSA) is 57.5 Å². The van der Waals surface area contributed by atoms with Crippen LogP contribution in [0.3, 0.4) is 0 Å². The third-order valence-electron chi connectivity index (χ3n) is 1.66. The molecule has 72 valence electrons. The number of hydrogen-bond donors (Lipinski definition) is 2. The van der Waals surface area contributed by atoms with Crippen LogP contribution in [0.5, 0.6) is 5.75 Å². The van der Waals surface area contributed by atoms with E-state index in [1.165, 1.54) is 6.07 Å². The normalized spacial score (nSPS) is 8.93. The van der Waals surface area contributed by atoms with Crippen molar-refractivity contribution in [2.75, 3.05) is 6.61 Å². The van der Waals surface area contributed by atoms with Gasteiger partial charge in [0.2, 0.25) is 0 Å². The van der Waals surface area contributed by atoms with Crippen molar-refractivity contribution in [3.05, 3.63) is 29.3 Å². The molecule has 3 heteroatoms. The van der Waals surface area contributed by atoms with Crippen LogP contribution in [-0.2, 0) is 0 Å². The van der Waals surface area contributed by atoms with Gasteiger partial charge in [-0.3, -0.25) is 4.79 Å². The molecule has 3 nitrogen and oxygen atoms in total. The van der Waals surface area contributed by atoms with Crippen molar-refractivity contribution in [2.45, 2.75) is 6.42 Å². The average Bonchev–Trinajstić information content (AvgIpc) is 2.18. The number of aliphatic hydroxyl groups is 1. The number of phenols is 1. The number of hydrogen-bond acceptors (Lipinski definition) is 3. The van der Waals surface area contributed by atoms with Gasteiger partial charge >= 0.3 is 0 Å². The summed E-state index contributed by atoms with van der Waals surface area (Å²) in [5, 5.41) is 17.8. The van der Waals surface area contributed by atoms with Crippen molar-refractivity contribution in [3.63, 3.8) is 0 Å². The summed E-state index contributed by atoms with van der Waals surface area (Å²) in [5.74, 6) is 5.31. The smallest absolute Gasteiger partial charge is 0.155 e. The molecule has 0 spiro atoms. The number of carbonyl (C=O) groups is 1. The molecule has 0 bridgehead atoms. The minimum absolute atomic E-state index is 0.0117. The lowest BCUT2D eigenvalue weighted by Gasteiger charge is -1.98. The number of aldehydes is 1. The Kier molecular flexibility index (Phi) is 3.71. The van der Waals surface area contributed by atoms with Crippen LogP contribution in [0.15, 0.2) is 18.2 Å². The molecule has 0 aliphatic heterocycles. The average molecular weight is 190 g/mol. The molecule has 14 heavy (non-hydrogen) atoms. The molecule has 0 radical (unpaired) electrons. The Labute approximate surface area is 82.0 Å². The Balaban J connectivity index is 3.04. The number of rotatable bonds is 2. The van der Waals surface area contributed by atoms with Crippen molar-refractivity contribution in [1.82, 2.24) is 0 Å². The minimum Gasteiger partial charge on any atom is -0.507 e. The van der Waals surface area contributed by atoms with Crippen LogP contribution in [0.2, 0.25) is 0 Å². The van der Waals surface area contributed by atoms with Crippen LogP contribution in [0, 0.1) is 11.8 Å². The Morgan fingerprint density at radius 1 is 1.43 bits per heavy atom. The molecular weight excluding hydrogens is 180 g/mol. The largest absolute Gasteiger partial charge is 0.507 e. The van der Waals surface area contributed by atoms with Gasteiger partial charge in [0, 0.05) is 12.0 Å². The van der Waals surface area contributed by atoms with E-state index in [1.807, 2.05) is 0 Å². The molecule has 0 heterocycles. The number of phenolic OH excluding ortho intramolecular Hbond substituents is 1. The molecule has 0 saturated carbocycles. The van der Waals surface area contributed by atoms with Gasteiger partial charge in [0.05, 0.1) is 12.2 Å². The highest BCUT2D eigenvalue weighted by Crippen LogP contribution is 2.17. The molecule has 1 aromatic rings. The molecule has 0 aliphatic rings. The van der Waals surface area contributed by atoms with E-state index in [2.05, 4.69) is 11.8 Å². The van der Waals surface area contributed by atoms with Gasteiger partial charge < -0.3 is 10.2 Å². The van der Waals surface area contributed by atoms with Crippen molar-refractivity contribution in [2.24, 2.45) is 0 Å². The summed E-state index contributed by atoms with van der Waals surface area (Å²) >= 11 is 0. The lowest BCUT2D eigenvalue weighted by Crippen LogP contribution is -1.87. The van der Waals surface area contributed by atoms with Gasteiger partial charge in [0.25, 0.3) is 0 Å². The highest BCUT2D eigenvalue weighted by molar-refractivity contribution is 5.83. The van der Waals surface area contributed by atoms with Crippen molar-refractivity contribution in [1.29, 1.82) is 0 Å². The fourth-order valence-electron chi connectivity index (χ4n) is 1.000.